The van der Waals surface area contributed by atoms with Gasteiger partial charge in [0.2, 0.25) is 16.3 Å². The summed E-state index contributed by atoms with van der Waals surface area (Å²) in [5.41, 5.74) is 0. The van der Waals surface area contributed by atoms with Gasteiger partial charge in [-0.15, -0.1) is 5.28 Å². The molecule has 0 saturated heterocycles. The molecule has 0 unspecified atom stereocenters. The monoisotopic (exact) mass is 352 g/mol. The number of unbranched alkanes of at least 4 members (excludes halogenated alkanes) is 20. The third-order valence-electron chi connectivity index (χ3n) is 5.46. The van der Waals surface area contributed by atoms with Crippen molar-refractivity contribution < 1.29 is 0 Å². The van der Waals surface area contributed by atoms with E-state index in [2.05, 4.69) is 6.92 Å². The maximum Gasteiger partial charge on any atom is 0.211 e. The zero-order chi connectivity index (χ0) is 17.6. The van der Waals surface area contributed by atoms with Crippen molar-refractivity contribution in [1.29, 1.82) is 0 Å². The van der Waals surface area contributed by atoms with Gasteiger partial charge in [-0.1, -0.05) is 142 Å². The van der Waals surface area contributed by atoms with Gasteiger partial charge in [0.05, 0.1) is 0 Å². The maximum absolute atomic E-state index is 2.30. The van der Waals surface area contributed by atoms with Crippen LogP contribution < -0.4 is 0 Å². The van der Waals surface area contributed by atoms with Crippen LogP contribution in [0.4, 0.5) is 0 Å². The molecule has 0 heterocycles. The van der Waals surface area contributed by atoms with Crippen molar-refractivity contribution in [2.24, 2.45) is 0 Å². The van der Waals surface area contributed by atoms with E-state index in [1.165, 1.54) is 156 Å². The molecule has 144 valence electrons. The van der Waals surface area contributed by atoms with Gasteiger partial charge in [-0.05, 0) is 0 Å². The molecule has 0 aliphatic carbocycles. The standard InChI is InChI=1S/C23H47.Al.2H/c1-3-5-7-9-11-13-15-17-19-21-23-22-20-18-16-14-12-10-8-6-4-2;;;/h1,3-23H2,2H3;;;. The van der Waals surface area contributed by atoms with Crippen LogP contribution in [0.25, 0.3) is 0 Å². The first-order valence-corrected chi connectivity index (χ1v) is 13.3. The van der Waals surface area contributed by atoms with Gasteiger partial charge in [0.1, 0.15) is 0 Å². The van der Waals surface area contributed by atoms with Gasteiger partial charge >= 0.3 is 0 Å². The minimum Gasteiger partial charge on any atom is -0.101 e. The predicted octanol–water partition coefficient (Wildman–Crippen LogP) is 8.25. The molecule has 0 aliphatic heterocycles. The van der Waals surface area contributed by atoms with Crippen LogP contribution in [0, 0.1) is 0 Å². The third-order valence-corrected chi connectivity index (χ3v) is 6.16. The Morgan fingerprint density at radius 3 is 0.750 bits per heavy atom. The van der Waals surface area contributed by atoms with Crippen LogP contribution >= 0.6 is 0 Å². The molecule has 0 aromatic rings. The molecule has 0 rings (SSSR count). The highest BCUT2D eigenvalue weighted by molar-refractivity contribution is 6.08. The summed E-state index contributed by atoms with van der Waals surface area (Å²) in [6.07, 6.45) is 31.2. The van der Waals surface area contributed by atoms with Crippen LogP contribution in [0.3, 0.4) is 0 Å². The molecule has 0 aromatic heterocycles. The fourth-order valence-corrected chi connectivity index (χ4v) is 4.18. The number of hydrogen-bond acceptors (Lipinski definition) is 0. The van der Waals surface area contributed by atoms with Gasteiger partial charge in [0.15, 0.2) is 0 Å². The fraction of sp³-hybridized carbons (Fsp3) is 1.00. The van der Waals surface area contributed by atoms with Crippen molar-refractivity contribution in [3.8, 4) is 0 Å². The molecule has 0 N–H and O–H groups in total. The molecule has 0 aliphatic rings. The lowest BCUT2D eigenvalue weighted by atomic mass is 10.0. The Balaban J connectivity index is 2.93. The fourth-order valence-electron chi connectivity index (χ4n) is 3.68. The average Bonchev–Trinajstić information content (AvgIpc) is 2.60. The molecular weight excluding hydrogens is 303 g/mol. The minimum atomic E-state index is 1.38. The van der Waals surface area contributed by atoms with Crippen molar-refractivity contribution in [3.63, 3.8) is 0 Å². The van der Waals surface area contributed by atoms with Crippen molar-refractivity contribution in [2.75, 3.05) is 0 Å². The van der Waals surface area contributed by atoms with Crippen LogP contribution in [-0.4, -0.2) is 16.3 Å². The van der Waals surface area contributed by atoms with Crippen molar-refractivity contribution >= 4 is 16.3 Å². The zero-order valence-corrected chi connectivity index (χ0v) is 19.6. The summed E-state index contributed by atoms with van der Waals surface area (Å²) in [4.78, 5) is 0. The van der Waals surface area contributed by atoms with E-state index >= 15 is 0 Å². The molecule has 0 spiro atoms. The van der Waals surface area contributed by atoms with E-state index in [1.807, 2.05) is 0 Å². The Labute approximate surface area is 163 Å². The summed E-state index contributed by atoms with van der Waals surface area (Å²) in [5.74, 6) is 0. The van der Waals surface area contributed by atoms with Crippen LogP contribution in [0.5, 0.6) is 0 Å². The van der Waals surface area contributed by atoms with Gasteiger partial charge in [0, 0.05) is 0 Å². The lowest BCUT2D eigenvalue weighted by Gasteiger charge is -2.04. The average molecular weight is 353 g/mol. The normalized spacial score (nSPS) is 11.2. The van der Waals surface area contributed by atoms with Crippen molar-refractivity contribution in [3.05, 3.63) is 0 Å². The van der Waals surface area contributed by atoms with Crippen molar-refractivity contribution in [2.45, 2.75) is 147 Å². The highest BCUT2D eigenvalue weighted by Crippen LogP contribution is 2.15. The van der Waals surface area contributed by atoms with E-state index in [0.29, 0.717) is 0 Å². The predicted molar refractivity (Wildman–Crippen MR) is 116 cm³/mol. The van der Waals surface area contributed by atoms with Crippen LogP contribution in [-0.2, 0) is 0 Å². The smallest absolute Gasteiger partial charge is 0.101 e. The Hall–Kier alpha value is 0.532. The number of rotatable bonds is 21. The van der Waals surface area contributed by atoms with E-state index in [4.69, 9.17) is 0 Å². The lowest BCUT2D eigenvalue weighted by molar-refractivity contribution is 0.521. The third kappa shape index (κ3) is 22.5. The first kappa shape index (κ1) is 24.5. The zero-order valence-electron chi connectivity index (χ0n) is 17.6. The molecule has 0 nitrogen and oxygen atoms in total. The Morgan fingerprint density at radius 1 is 0.333 bits per heavy atom. The van der Waals surface area contributed by atoms with Gasteiger partial charge in [0.25, 0.3) is 0 Å². The molecule has 0 aromatic carbocycles. The maximum atomic E-state index is 2.30. The summed E-state index contributed by atoms with van der Waals surface area (Å²) >= 11 is 1.41. The second-order valence-electron chi connectivity index (χ2n) is 8.07. The molecular formula is C23H49Al. The lowest BCUT2D eigenvalue weighted by Crippen LogP contribution is -1.84. The Bertz CT molecular complexity index is 180. The van der Waals surface area contributed by atoms with E-state index < -0.39 is 0 Å². The summed E-state index contributed by atoms with van der Waals surface area (Å²) in [5, 5.41) is 1.51. The molecule has 0 fully saturated rings. The highest BCUT2D eigenvalue weighted by atomic mass is 27.0. The topological polar surface area (TPSA) is 0 Å². The molecule has 0 bridgehead atoms. The molecule has 1 heteroatoms. The van der Waals surface area contributed by atoms with E-state index in [-0.39, 0.29) is 0 Å². The second kappa shape index (κ2) is 23.5. The Kier molecular flexibility index (Phi) is 24.1. The quantitative estimate of drug-likeness (QED) is 0.144. The van der Waals surface area contributed by atoms with E-state index in [1.54, 1.807) is 0 Å². The van der Waals surface area contributed by atoms with Crippen LogP contribution in [0.2, 0.25) is 5.28 Å². The molecule has 24 heavy (non-hydrogen) atoms. The molecule has 0 amide bonds. The summed E-state index contributed by atoms with van der Waals surface area (Å²) < 4.78 is 0. The van der Waals surface area contributed by atoms with Gasteiger partial charge < -0.3 is 0 Å². The molecule has 0 saturated carbocycles. The first-order chi connectivity index (χ1) is 11.9. The minimum absolute atomic E-state index is 1.38. The van der Waals surface area contributed by atoms with E-state index in [9.17, 15) is 0 Å². The summed E-state index contributed by atoms with van der Waals surface area (Å²) in [6, 6.07) is 0. The van der Waals surface area contributed by atoms with Crippen LogP contribution in [0.1, 0.15) is 142 Å². The molecule has 0 atom stereocenters. The van der Waals surface area contributed by atoms with Gasteiger partial charge in [-0.2, -0.15) is 0 Å². The Morgan fingerprint density at radius 2 is 0.542 bits per heavy atom. The van der Waals surface area contributed by atoms with Gasteiger partial charge in [-0.3, -0.25) is 0 Å². The highest BCUT2D eigenvalue weighted by Gasteiger charge is 1.95. The SMILES string of the molecule is CCCCCCCCCCCCCCCCCCCCCC[CH2][AlH2]. The first-order valence-electron chi connectivity index (χ1n) is 11.9. The van der Waals surface area contributed by atoms with Crippen LogP contribution in [0.15, 0.2) is 0 Å². The number of hydrogen-bond donors (Lipinski definition) is 0. The summed E-state index contributed by atoms with van der Waals surface area (Å²) in [6.45, 7) is 2.30. The van der Waals surface area contributed by atoms with Crippen molar-refractivity contribution in [1.82, 2.24) is 0 Å². The summed E-state index contributed by atoms with van der Waals surface area (Å²) in [7, 11) is 0. The van der Waals surface area contributed by atoms with Gasteiger partial charge in [-0.25, -0.2) is 0 Å². The second-order valence-corrected chi connectivity index (χ2v) is 9.07. The largest absolute Gasteiger partial charge is 0.211 e. The van der Waals surface area contributed by atoms with E-state index in [0.717, 1.165) is 0 Å². The molecule has 0 radical (unpaired) electrons.